The maximum absolute atomic E-state index is 12.8. The SMILES string of the molecule is CC(C)(C)OC(=O)N1CCN(C(=O)OCc2ccccc2)C[C@]2(CCCC(=O)N2)C1. The summed E-state index contributed by atoms with van der Waals surface area (Å²) < 4.78 is 11.0. The summed E-state index contributed by atoms with van der Waals surface area (Å²) in [6, 6.07) is 9.47. The lowest BCUT2D eigenvalue weighted by Gasteiger charge is -2.41. The lowest BCUT2D eigenvalue weighted by molar-refractivity contribution is -0.125. The smallest absolute Gasteiger partial charge is 0.410 e. The van der Waals surface area contributed by atoms with Gasteiger partial charge in [0.1, 0.15) is 12.2 Å². The number of rotatable bonds is 2. The van der Waals surface area contributed by atoms with Crippen molar-refractivity contribution in [1.82, 2.24) is 15.1 Å². The van der Waals surface area contributed by atoms with E-state index in [0.29, 0.717) is 45.4 Å². The first-order valence-electron chi connectivity index (χ1n) is 10.4. The van der Waals surface area contributed by atoms with Gasteiger partial charge in [0, 0.05) is 32.6 Å². The van der Waals surface area contributed by atoms with E-state index in [1.54, 1.807) is 9.80 Å². The molecule has 0 aromatic heterocycles. The van der Waals surface area contributed by atoms with Gasteiger partial charge in [0.25, 0.3) is 0 Å². The van der Waals surface area contributed by atoms with Crippen molar-refractivity contribution in [2.24, 2.45) is 0 Å². The average molecular weight is 418 g/mol. The van der Waals surface area contributed by atoms with Gasteiger partial charge >= 0.3 is 12.2 Å². The number of ether oxygens (including phenoxy) is 2. The van der Waals surface area contributed by atoms with Crippen molar-refractivity contribution in [3.63, 3.8) is 0 Å². The van der Waals surface area contributed by atoms with Crippen molar-refractivity contribution in [3.05, 3.63) is 35.9 Å². The Morgan fingerprint density at radius 2 is 1.70 bits per heavy atom. The van der Waals surface area contributed by atoms with Crippen LogP contribution in [0.3, 0.4) is 0 Å². The van der Waals surface area contributed by atoms with Gasteiger partial charge in [-0.15, -0.1) is 0 Å². The summed E-state index contributed by atoms with van der Waals surface area (Å²) in [7, 11) is 0. The predicted molar refractivity (Wildman–Crippen MR) is 111 cm³/mol. The van der Waals surface area contributed by atoms with Gasteiger partial charge in [0.05, 0.1) is 5.54 Å². The van der Waals surface area contributed by atoms with Crippen molar-refractivity contribution >= 4 is 18.1 Å². The molecule has 8 nitrogen and oxygen atoms in total. The lowest BCUT2D eigenvalue weighted by Crippen LogP contribution is -2.62. The molecule has 2 heterocycles. The number of carbonyl (C=O) groups is 3. The number of hydrogen-bond donors (Lipinski definition) is 1. The largest absolute Gasteiger partial charge is 0.445 e. The number of carbonyl (C=O) groups excluding carboxylic acids is 3. The number of piperidine rings is 1. The van der Waals surface area contributed by atoms with Gasteiger partial charge < -0.3 is 24.6 Å². The Labute approximate surface area is 177 Å². The van der Waals surface area contributed by atoms with Crippen LogP contribution in [-0.2, 0) is 20.9 Å². The van der Waals surface area contributed by atoms with Gasteiger partial charge in [-0.25, -0.2) is 9.59 Å². The number of benzene rings is 1. The minimum Gasteiger partial charge on any atom is -0.445 e. The standard InChI is InChI=1S/C22H31N3O5/c1-21(2,3)30-20(28)25-13-12-24(15-22(16-25)11-7-10-18(26)23-22)19(27)29-14-17-8-5-4-6-9-17/h4-6,8-9H,7,10-16H2,1-3H3,(H,23,26)/t22-/m1/s1. The van der Waals surface area contributed by atoms with Crippen LogP contribution < -0.4 is 5.32 Å². The van der Waals surface area contributed by atoms with Gasteiger partial charge in [-0.3, -0.25) is 4.79 Å². The van der Waals surface area contributed by atoms with E-state index in [9.17, 15) is 14.4 Å². The molecular formula is C22H31N3O5. The van der Waals surface area contributed by atoms with E-state index in [1.165, 1.54) is 0 Å². The fourth-order valence-corrected chi connectivity index (χ4v) is 3.87. The fraction of sp³-hybridized carbons (Fsp3) is 0.591. The van der Waals surface area contributed by atoms with Gasteiger partial charge in [0.15, 0.2) is 0 Å². The van der Waals surface area contributed by atoms with Gasteiger partial charge in [-0.1, -0.05) is 30.3 Å². The summed E-state index contributed by atoms with van der Waals surface area (Å²) in [4.78, 5) is 40.8. The second kappa shape index (κ2) is 8.93. The third-order valence-electron chi connectivity index (χ3n) is 5.21. The molecule has 1 atom stereocenters. The van der Waals surface area contributed by atoms with Crippen LogP contribution in [0, 0.1) is 0 Å². The molecule has 1 aromatic rings. The van der Waals surface area contributed by atoms with Crippen molar-refractivity contribution in [1.29, 1.82) is 0 Å². The number of nitrogens with one attached hydrogen (secondary N) is 1. The van der Waals surface area contributed by atoms with E-state index in [2.05, 4.69) is 5.32 Å². The minimum atomic E-state index is -0.700. The number of hydrogen-bond acceptors (Lipinski definition) is 5. The Kier molecular flexibility index (Phi) is 6.53. The van der Waals surface area contributed by atoms with Crippen LogP contribution in [0.15, 0.2) is 30.3 Å². The summed E-state index contributed by atoms with van der Waals surface area (Å²) >= 11 is 0. The van der Waals surface area contributed by atoms with Crippen LogP contribution in [0.4, 0.5) is 9.59 Å². The van der Waals surface area contributed by atoms with Crippen LogP contribution >= 0.6 is 0 Å². The monoisotopic (exact) mass is 417 g/mol. The zero-order chi connectivity index (χ0) is 21.8. The van der Waals surface area contributed by atoms with Crippen molar-refractivity contribution in [3.8, 4) is 0 Å². The van der Waals surface area contributed by atoms with Crippen LogP contribution in [0.5, 0.6) is 0 Å². The average Bonchev–Trinajstić information content (AvgIpc) is 2.85. The normalized spacial score (nSPS) is 22.3. The molecule has 30 heavy (non-hydrogen) atoms. The Hall–Kier alpha value is -2.77. The summed E-state index contributed by atoms with van der Waals surface area (Å²) in [5.41, 5.74) is -0.424. The molecule has 2 fully saturated rings. The summed E-state index contributed by atoms with van der Waals surface area (Å²) in [6.45, 7) is 6.83. The van der Waals surface area contributed by atoms with E-state index < -0.39 is 23.3 Å². The Bertz CT molecular complexity index is 777. The number of nitrogens with zero attached hydrogens (tertiary/aromatic N) is 2. The predicted octanol–water partition coefficient (Wildman–Crippen LogP) is 2.91. The highest BCUT2D eigenvalue weighted by atomic mass is 16.6. The van der Waals surface area contributed by atoms with Crippen LogP contribution in [0.25, 0.3) is 0 Å². The van der Waals surface area contributed by atoms with Crippen LogP contribution in [0.2, 0.25) is 0 Å². The zero-order valence-electron chi connectivity index (χ0n) is 18.0. The first-order chi connectivity index (χ1) is 14.2. The maximum atomic E-state index is 12.8. The van der Waals surface area contributed by atoms with E-state index in [1.807, 2.05) is 51.1 Å². The first kappa shape index (κ1) is 21.9. The number of amides is 3. The van der Waals surface area contributed by atoms with Crippen molar-refractivity contribution in [2.45, 2.75) is 57.8 Å². The quantitative estimate of drug-likeness (QED) is 0.799. The van der Waals surface area contributed by atoms with Gasteiger partial charge in [0.2, 0.25) is 5.91 Å². The van der Waals surface area contributed by atoms with Gasteiger partial charge in [-0.05, 0) is 39.2 Å². The van der Waals surface area contributed by atoms with Crippen LogP contribution in [0.1, 0.15) is 45.6 Å². The van der Waals surface area contributed by atoms with E-state index in [-0.39, 0.29) is 12.5 Å². The highest BCUT2D eigenvalue weighted by molar-refractivity contribution is 5.78. The fourth-order valence-electron chi connectivity index (χ4n) is 3.87. The molecule has 164 valence electrons. The molecule has 0 unspecified atom stereocenters. The zero-order valence-corrected chi connectivity index (χ0v) is 18.0. The molecule has 2 aliphatic heterocycles. The maximum Gasteiger partial charge on any atom is 0.410 e. The highest BCUT2D eigenvalue weighted by Crippen LogP contribution is 2.26. The van der Waals surface area contributed by atoms with E-state index in [4.69, 9.17) is 9.47 Å². The molecule has 3 amide bonds. The molecule has 3 rings (SSSR count). The Balaban J connectivity index is 1.73. The summed E-state index contributed by atoms with van der Waals surface area (Å²) in [6.07, 6.45) is 0.943. The Morgan fingerprint density at radius 3 is 2.30 bits per heavy atom. The molecule has 0 bridgehead atoms. The van der Waals surface area contributed by atoms with Crippen molar-refractivity contribution in [2.75, 3.05) is 26.2 Å². The van der Waals surface area contributed by atoms with E-state index in [0.717, 1.165) is 5.56 Å². The molecule has 1 spiro atoms. The summed E-state index contributed by atoms with van der Waals surface area (Å²) in [5, 5.41) is 3.04. The second-order valence-corrected chi connectivity index (χ2v) is 9.05. The molecule has 0 radical (unpaired) electrons. The lowest BCUT2D eigenvalue weighted by atomic mass is 9.87. The first-order valence-corrected chi connectivity index (χ1v) is 10.4. The topological polar surface area (TPSA) is 88.2 Å². The van der Waals surface area contributed by atoms with E-state index >= 15 is 0 Å². The van der Waals surface area contributed by atoms with Gasteiger partial charge in [-0.2, -0.15) is 0 Å². The molecule has 2 aliphatic rings. The molecular weight excluding hydrogens is 386 g/mol. The minimum absolute atomic E-state index is 0.0649. The molecule has 2 saturated heterocycles. The molecule has 0 aliphatic carbocycles. The highest BCUT2D eigenvalue weighted by Gasteiger charge is 2.43. The molecule has 0 saturated carbocycles. The third-order valence-corrected chi connectivity index (χ3v) is 5.21. The second-order valence-electron chi connectivity index (χ2n) is 9.05. The summed E-state index contributed by atoms with van der Waals surface area (Å²) in [5.74, 6) is -0.0649. The van der Waals surface area contributed by atoms with Crippen molar-refractivity contribution < 1.29 is 23.9 Å². The third kappa shape index (κ3) is 5.87. The molecule has 1 aromatic carbocycles. The Morgan fingerprint density at radius 1 is 1.07 bits per heavy atom. The van der Waals surface area contributed by atoms with Crippen LogP contribution in [-0.4, -0.2) is 65.2 Å². The molecule has 1 N–H and O–H groups in total. The molecule has 8 heteroatoms.